The van der Waals surface area contributed by atoms with Crippen molar-refractivity contribution in [3.05, 3.63) is 21.9 Å². The Morgan fingerprint density at radius 2 is 2.23 bits per heavy atom. The van der Waals surface area contributed by atoms with Crippen molar-refractivity contribution in [3.63, 3.8) is 0 Å². The minimum Gasteiger partial charge on any atom is -0.342 e. The summed E-state index contributed by atoms with van der Waals surface area (Å²) in [6.07, 6.45) is 3.98. The molecule has 0 spiro atoms. The number of sulfonamides is 1. The third-order valence-electron chi connectivity index (χ3n) is 3.95. The molecule has 5 nitrogen and oxygen atoms in total. The molecule has 22 heavy (non-hydrogen) atoms. The lowest BCUT2D eigenvalue weighted by atomic mass is 9.99. The van der Waals surface area contributed by atoms with Gasteiger partial charge < -0.3 is 4.90 Å². The van der Waals surface area contributed by atoms with E-state index in [2.05, 4.69) is 19.1 Å². The van der Waals surface area contributed by atoms with E-state index < -0.39 is 10.0 Å². The molecule has 1 saturated heterocycles. The molecule has 0 bridgehead atoms. The summed E-state index contributed by atoms with van der Waals surface area (Å²) in [4.78, 5) is 16.7. The van der Waals surface area contributed by atoms with Crippen LogP contribution in [0.5, 0.6) is 0 Å². The van der Waals surface area contributed by atoms with E-state index >= 15 is 0 Å². The number of hydrogen-bond acceptors (Lipinski definition) is 4. The first-order chi connectivity index (χ1) is 10.3. The van der Waals surface area contributed by atoms with Gasteiger partial charge in [-0.3, -0.25) is 4.79 Å². The van der Waals surface area contributed by atoms with Crippen LogP contribution in [0.15, 0.2) is 12.1 Å². The number of carbonyl (C=O) groups is 1. The molecule has 1 aromatic heterocycles. The molecule has 0 aliphatic carbocycles. The second-order valence-corrected chi connectivity index (χ2v) is 9.07. The van der Waals surface area contributed by atoms with Gasteiger partial charge in [-0.15, -0.1) is 11.3 Å². The highest BCUT2D eigenvalue weighted by Gasteiger charge is 2.25. The topological polar surface area (TPSA) is 80.5 Å². The fourth-order valence-electron chi connectivity index (χ4n) is 2.95. The first-order valence-corrected chi connectivity index (χ1v) is 10.2. The summed E-state index contributed by atoms with van der Waals surface area (Å²) < 4.78 is 22.4. The van der Waals surface area contributed by atoms with Crippen LogP contribution in [-0.4, -0.2) is 38.1 Å². The van der Waals surface area contributed by atoms with Gasteiger partial charge in [-0.2, -0.15) is 0 Å². The lowest BCUT2D eigenvalue weighted by Crippen LogP contribution is -2.42. The first kappa shape index (κ1) is 17.4. The van der Waals surface area contributed by atoms with Crippen LogP contribution in [0.4, 0.5) is 0 Å². The predicted octanol–water partition coefficient (Wildman–Crippen LogP) is 1.91. The summed E-state index contributed by atoms with van der Waals surface area (Å²) in [5, 5.41) is 5.10. The highest BCUT2D eigenvalue weighted by atomic mass is 32.2. The minimum atomic E-state index is -3.46. The van der Waals surface area contributed by atoms with Gasteiger partial charge in [-0.25, -0.2) is 13.6 Å². The summed E-state index contributed by atoms with van der Waals surface area (Å²) >= 11 is 1.78. The minimum absolute atomic E-state index is 0.0207. The second-order valence-electron chi connectivity index (χ2n) is 6.04. The molecule has 1 aromatic rings. The van der Waals surface area contributed by atoms with Gasteiger partial charge in [0.15, 0.2) is 0 Å². The molecule has 7 heteroatoms. The smallest absolute Gasteiger partial charge is 0.222 e. The number of carbonyl (C=O) groups excluding carboxylic acids is 1. The van der Waals surface area contributed by atoms with Gasteiger partial charge in [-0.1, -0.05) is 0 Å². The number of thiophene rings is 1. The van der Waals surface area contributed by atoms with Crippen LogP contribution in [0.3, 0.4) is 0 Å². The lowest BCUT2D eigenvalue weighted by molar-refractivity contribution is -0.132. The standard InChI is InChI=1S/C15H24N2O3S2/c1-12-7-8-14(21-12)5-2-6-15(18)17-9-3-4-13(10-17)11-22(16,19)20/h7-8,13H,2-6,9-11H2,1H3,(H2,16,19,20)/t13-/m0/s1. The molecule has 1 aliphatic heterocycles. The second kappa shape index (κ2) is 7.57. The van der Waals surface area contributed by atoms with E-state index in [1.807, 2.05) is 0 Å². The summed E-state index contributed by atoms with van der Waals surface area (Å²) in [5.41, 5.74) is 0. The van der Waals surface area contributed by atoms with Crippen LogP contribution in [0.25, 0.3) is 0 Å². The van der Waals surface area contributed by atoms with Gasteiger partial charge in [0.05, 0.1) is 5.75 Å². The molecule has 2 heterocycles. The first-order valence-electron chi connectivity index (χ1n) is 7.67. The Morgan fingerprint density at radius 3 is 2.86 bits per heavy atom. The number of nitrogens with two attached hydrogens (primary N) is 1. The summed E-state index contributed by atoms with van der Waals surface area (Å²) in [6.45, 7) is 3.34. The van der Waals surface area contributed by atoms with Gasteiger partial charge in [0, 0.05) is 29.3 Å². The Labute approximate surface area is 136 Å². The van der Waals surface area contributed by atoms with Crippen molar-refractivity contribution in [2.75, 3.05) is 18.8 Å². The highest BCUT2D eigenvalue weighted by molar-refractivity contribution is 7.89. The molecular weight excluding hydrogens is 320 g/mol. The SMILES string of the molecule is Cc1ccc(CCCC(=O)N2CCC[C@H](CS(N)(=O)=O)C2)s1. The van der Waals surface area contributed by atoms with Gasteiger partial charge in [0.2, 0.25) is 15.9 Å². The largest absolute Gasteiger partial charge is 0.342 e. The van der Waals surface area contributed by atoms with Crippen molar-refractivity contribution in [2.24, 2.45) is 11.1 Å². The molecule has 124 valence electrons. The Kier molecular flexibility index (Phi) is 6.00. The van der Waals surface area contributed by atoms with Crippen LogP contribution < -0.4 is 5.14 Å². The third kappa shape index (κ3) is 5.70. The van der Waals surface area contributed by atoms with E-state index in [-0.39, 0.29) is 17.6 Å². The molecule has 1 atom stereocenters. The molecular formula is C15H24N2O3S2. The Hall–Kier alpha value is -0.920. The van der Waals surface area contributed by atoms with Crippen molar-refractivity contribution in [2.45, 2.75) is 39.0 Å². The normalized spacial score (nSPS) is 19.4. The van der Waals surface area contributed by atoms with Gasteiger partial charge in [-0.05, 0) is 50.7 Å². The van der Waals surface area contributed by atoms with Gasteiger partial charge in [0.1, 0.15) is 0 Å². The van der Waals surface area contributed by atoms with Crippen molar-refractivity contribution in [1.82, 2.24) is 4.90 Å². The zero-order valence-corrected chi connectivity index (χ0v) is 14.6. The molecule has 0 unspecified atom stereocenters. The van der Waals surface area contributed by atoms with Crippen LogP contribution in [0, 0.1) is 12.8 Å². The highest BCUT2D eigenvalue weighted by Crippen LogP contribution is 2.20. The van der Waals surface area contributed by atoms with Crippen molar-refractivity contribution < 1.29 is 13.2 Å². The maximum atomic E-state index is 12.3. The molecule has 1 aliphatic rings. The number of piperidine rings is 1. The number of amides is 1. The van der Waals surface area contributed by atoms with Gasteiger partial charge >= 0.3 is 0 Å². The van der Waals surface area contributed by atoms with Crippen molar-refractivity contribution >= 4 is 27.3 Å². The fraction of sp³-hybridized carbons (Fsp3) is 0.667. The molecule has 2 rings (SSSR count). The van der Waals surface area contributed by atoms with E-state index in [0.29, 0.717) is 13.0 Å². The van der Waals surface area contributed by atoms with E-state index in [9.17, 15) is 13.2 Å². The Balaban J connectivity index is 1.76. The number of rotatable bonds is 6. The Bertz CT molecular complexity index is 610. The van der Waals surface area contributed by atoms with Crippen molar-refractivity contribution in [3.8, 4) is 0 Å². The number of primary sulfonamides is 1. The van der Waals surface area contributed by atoms with Gasteiger partial charge in [0.25, 0.3) is 0 Å². The maximum Gasteiger partial charge on any atom is 0.222 e. The van der Waals surface area contributed by atoms with E-state index in [1.165, 1.54) is 9.75 Å². The zero-order chi connectivity index (χ0) is 16.2. The van der Waals surface area contributed by atoms with Crippen LogP contribution in [-0.2, 0) is 21.2 Å². The molecule has 1 amide bonds. The average Bonchev–Trinajstić information content (AvgIpc) is 2.83. The molecule has 0 radical (unpaired) electrons. The van der Waals surface area contributed by atoms with Crippen LogP contribution in [0.1, 0.15) is 35.4 Å². The summed E-state index contributed by atoms with van der Waals surface area (Å²) in [5.74, 6) is 0.0886. The molecule has 2 N–H and O–H groups in total. The number of hydrogen-bond donors (Lipinski definition) is 1. The van der Waals surface area contributed by atoms with E-state index in [1.54, 1.807) is 16.2 Å². The average molecular weight is 345 g/mol. The van der Waals surface area contributed by atoms with E-state index in [0.717, 1.165) is 32.2 Å². The number of nitrogens with zero attached hydrogens (tertiary/aromatic N) is 1. The van der Waals surface area contributed by atoms with Crippen LogP contribution >= 0.6 is 11.3 Å². The predicted molar refractivity (Wildman–Crippen MR) is 89.3 cm³/mol. The lowest BCUT2D eigenvalue weighted by Gasteiger charge is -2.32. The Morgan fingerprint density at radius 1 is 1.45 bits per heavy atom. The number of aryl methyl sites for hydroxylation is 2. The summed E-state index contributed by atoms with van der Waals surface area (Å²) in [6, 6.07) is 4.22. The summed E-state index contributed by atoms with van der Waals surface area (Å²) in [7, 11) is -3.46. The zero-order valence-electron chi connectivity index (χ0n) is 13.0. The fourth-order valence-corrected chi connectivity index (χ4v) is 4.81. The number of likely N-dealkylation sites (tertiary alicyclic amines) is 1. The van der Waals surface area contributed by atoms with Crippen LogP contribution in [0.2, 0.25) is 0 Å². The molecule has 0 saturated carbocycles. The third-order valence-corrected chi connectivity index (χ3v) is 5.95. The monoisotopic (exact) mass is 344 g/mol. The van der Waals surface area contributed by atoms with E-state index in [4.69, 9.17) is 5.14 Å². The molecule has 0 aromatic carbocycles. The van der Waals surface area contributed by atoms with Crippen molar-refractivity contribution in [1.29, 1.82) is 0 Å². The maximum absolute atomic E-state index is 12.3. The molecule has 1 fully saturated rings. The quantitative estimate of drug-likeness (QED) is 0.856.